The van der Waals surface area contributed by atoms with E-state index in [2.05, 4.69) is 9.97 Å². The number of aromatic nitrogens is 2. The molecule has 0 aliphatic carbocycles. The van der Waals surface area contributed by atoms with Crippen LogP contribution in [0, 0.1) is 0 Å². The average Bonchev–Trinajstić information content (AvgIpc) is 2.25. The van der Waals surface area contributed by atoms with E-state index in [1.807, 2.05) is 0 Å². The topological polar surface area (TPSA) is 72.0 Å². The van der Waals surface area contributed by atoms with Crippen molar-refractivity contribution in [3.63, 3.8) is 0 Å². The van der Waals surface area contributed by atoms with Crippen LogP contribution in [0.15, 0.2) is 18.2 Å². The monoisotopic (exact) mass is 237 g/mol. The van der Waals surface area contributed by atoms with Gasteiger partial charge in [0.1, 0.15) is 16.7 Å². The summed E-state index contributed by atoms with van der Waals surface area (Å²) in [6, 6.07) is 4.85. The van der Waals surface area contributed by atoms with Gasteiger partial charge < -0.3 is 10.8 Å². The summed E-state index contributed by atoms with van der Waals surface area (Å²) in [5.74, 6) is 0.834. The van der Waals surface area contributed by atoms with Gasteiger partial charge in [-0.25, -0.2) is 9.97 Å². The minimum absolute atomic E-state index is 0.173. The molecule has 0 aliphatic rings. The zero-order valence-electron chi connectivity index (χ0n) is 8.65. The standard InChI is InChI=1S/C11H12ClN3O/c12-11-8-4-3-7(16)6-9(8)14-10(15-11)2-1-5-13/h3-4,6,16H,1-2,5,13H2. The second-order valence-corrected chi connectivity index (χ2v) is 3.88. The van der Waals surface area contributed by atoms with Gasteiger partial charge in [0.15, 0.2) is 0 Å². The van der Waals surface area contributed by atoms with Gasteiger partial charge in [-0.3, -0.25) is 0 Å². The van der Waals surface area contributed by atoms with Crippen molar-refractivity contribution >= 4 is 22.5 Å². The predicted molar refractivity (Wildman–Crippen MR) is 63.6 cm³/mol. The molecule has 0 unspecified atom stereocenters. The second-order valence-electron chi connectivity index (χ2n) is 3.52. The fourth-order valence-corrected chi connectivity index (χ4v) is 1.75. The first-order valence-corrected chi connectivity index (χ1v) is 5.43. The van der Waals surface area contributed by atoms with Crippen LogP contribution in [0.3, 0.4) is 0 Å². The molecule has 0 amide bonds. The van der Waals surface area contributed by atoms with E-state index < -0.39 is 0 Å². The number of fused-ring (bicyclic) bond motifs is 1. The van der Waals surface area contributed by atoms with E-state index in [1.54, 1.807) is 18.2 Å². The molecule has 0 saturated heterocycles. The third-order valence-corrected chi connectivity index (χ3v) is 2.57. The van der Waals surface area contributed by atoms with Crippen molar-refractivity contribution < 1.29 is 5.11 Å². The van der Waals surface area contributed by atoms with Crippen LogP contribution >= 0.6 is 11.6 Å². The first-order valence-electron chi connectivity index (χ1n) is 5.06. The molecule has 0 saturated carbocycles. The Labute approximate surface area is 98.1 Å². The summed E-state index contributed by atoms with van der Waals surface area (Å²) in [6.07, 6.45) is 1.52. The Kier molecular flexibility index (Phi) is 3.22. The molecule has 1 aromatic heterocycles. The first kappa shape index (κ1) is 11.1. The van der Waals surface area contributed by atoms with E-state index in [0.29, 0.717) is 29.5 Å². The van der Waals surface area contributed by atoms with Crippen molar-refractivity contribution in [3.05, 3.63) is 29.2 Å². The molecule has 0 spiro atoms. The summed E-state index contributed by atoms with van der Waals surface area (Å²) in [5, 5.41) is 10.5. The number of nitrogens with zero attached hydrogens (tertiary/aromatic N) is 2. The van der Waals surface area contributed by atoms with Crippen LogP contribution in [-0.4, -0.2) is 21.6 Å². The van der Waals surface area contributed by atoms with Crippen LogP contribution in [0.2, 0.25) is 5.15 Å². The van der Waals surface area contributed by atoms with Gasteiger partial charge in [0.2, 0.25) is 0 Å². The SMILES string of the molecule is NCCCc1nc(Cl)c2ccc(O)cc2n1. The van der Waals surface area contributed by atoms with Crippen molar-refractivity contribution in [2.75, 3.05) is 6.54 Å². The van der Waals surface area contributed by atoms with Crippen molar-refractivity contribution in [1.82, 2.24) is 9.97 Å². The van der Waals surface area contributed by atoms with Crippen LogP contribution in [0.4, 0.5) is 0 Å². The quantitative estimate of drug-likeness (QED) is 0.800. The number of aryl methyl sites for hydroxylation is 1. The maximum Gasteiger partial charge on any atom is 0.140 e. The number of rotatable bonds is 3. The third-order valence-electron chi connectivity index (χ3n) is 2.28. The van der Waals surface area contributed by atoms with Gasteiger partial charge in [0, 0.05) is 17.9 Å². The van der Waals surface area contributed by atoms with E-state index in [-0.39, 0.29) is 5.75 Å². The number of nitrogens with two attached hydrogens (primary N) is 1. The van der Waals surface area contributed by atoms with Gasteiger partial charge >= 0.3 is 0 Å². The smallest absolute Gasteiger partial charge is 0.140 e. The van der Waals surface area contributed by atoms with Crippen LogP contribution in [-0.2, 0) is 6.42 Å². The first-order chi connectivity index (χ1) is 7.70. The van der Waals surface area contributed by atoms with Crippen LogP contribution in [0.5, 0.6) is 5.75 Å². The maximum atomic E-state index is 9.36. The second kappa shape index (κ2) is 4.63. The summed E-state index contributed by atoms with van der Waals surface area (Å²) < 4.78 is 0. The zero-order chi connectivity index (χ0) is 11.5. The summed E-state index contributed by atoms with van der Waals surface area (Å²) >= 11 is 6.03. The largest absolute Gasteiger partial charge is 0.508 e. The van der Waals surface area contributed by atoms with Crippen LogP contribution in [0.25, 0.3) is 10.9 Å². The number of hydrogen-bond acceptors (Lipinski definition) is 4. The Morgan fingerprint density at radius 1 is 1.31 bits per heavy atom. The van der Waals surface area contributed by atoms with Crippen molar-refractivity contribution in [3.8, 4) is 5.75 Å². The van der Waals surface area contributed by atoms with Crippen molar-refractivity contribution in [2.24, 2.45) is 5.73 Å². The molecule has 0 bridgehead atoms. The number of aromatic hydroxyl groups is 1. The lowest BCUT2D eigenvalue weighted by Gasteiger charge is -2.04. The van der Waals surface area contributed by atoms with Crippen LogP contribution < -0.4 is 5.73 Å². The molecule has 0 atom stereocenters. The lowest BCUT2D eigenvalue weighted by molar-refractivity contribution is 0.476. The van der Waals surface area contributed by atoms with Gasteiger partial charge in [-0.1, -0.05) is 11.6 Å². The lowest BCUT2D eigenvalue weighted by Crippen LogP contribution is -2.03. The molecule has 0 fully saturated rings. The number of phenolic OH excluding ortho intramolecular Hbond substituents is 1. The fraction of sp³-hybridized carbons (Fsp3) is 0.273. The third kappa shape index (κ3) is 2.23. The maximum absolute atomic E-state index is 9.36. The zero-order valence-corrected chi connectivity index (χ0v) is 9.41. The molecule has 84 valence electrons. The Bertz CT molecular complexity index is 516. The minimum Gasteiger partial charge on any atom is -0.508 e. The number of phenols is 1. The van der Waals surface area contributed by atoms with E-state index in [9.17, 15) is 5.11 Å². The molecule has 5 heteroatoms. The fourth-order valence-electron chi connectivity index (χ4n) is 1.50. The average molecular weight is 238 g/mol. The molecule has 1 aromatic carbocycles. The predicted octanol–water partition coefficient (Wildman–Crippen LogP) is 1.88. The summed E-state index contributed by atoms with van der Waals surface area (Å²) in [4.78, 5) is 8.51. The van der Waals surface area contributed by atoms with E-state index in [0.717, 1.165) is 11.8 Å². The lowest BCUT2D eigenvalue weighted by atomic mass is 10.2. The molecule has 2 aromatic rings. The molecule has 0 aliphatic heterocycles. The summed E-state index contributed by atoms with van der Waals surface area (Å²) in [7, 11) is 0. The molecule has 4 nitrogen and oxygen atoms in total. The Morgan fingerprint density at radius 2 is 2.12 bits per heavy atom. The van der Waals surface area contributed by atoms with Gasteiger partial charge in [-0.15, -0.1) is 0 Å². The number of benzene rings is 1. The number of hydrogen-bond donors (Lipinski definition) is 2. The highest BCUT2D eigenvalue weighted by molar-refractivity contribution is 6.34. The summed E-state index contributed by atoms with van der Waals surface area (Å²) in [6.45, 7) is 0.596. The molecule has 16 heavy (non-hydrogen) atoms. The van der Waals surface area contributed by atoms with E-state index in [1.165, 1.54) is 0 Å². The van der Waals surface area contributed by atoms with E-state index >= 15 is 0 Å². The highest BCUT2D eigenvalue weighted by atomic mass is 35.5. The Balaban J connectivity index is 2.47. The molecular formula is C11H12ClN3O. The van der Waals surface area contributed by atoms with Gasteiger partial charge in [-0.2, -0.15) is 0 Å². The normalized spacial score (nSPS) is 10.9. The van der Waals surface area contributed by atoms with Gasteiger partial charge in [0.25, 0.3) is 0 Å². The molecule has 1 heterocycles. The van der Waals surface area contributed by atoms with Crippen molar-refractivity contribution in [2.45, 2.75) is 12.8 Å². The summed E-state index contributed by atoms with van der Waals surface area (Å²) in [5.41, 5.74) is 6.08. The van der Waals surface area contributed by atoms with Gasteiger partial charge in [0.05, 0.1) is 5.52 Å². The van der Waals surface area contributed by atoms with E-state index in [4.69, 9.17) is 17.3 Å². The molecular weight excluding hydrogens is 226 g/mol. The number of halogens is 1. The van der Waals surface area contributed by atoms with Gasteiger partial charge in [-0.05, 0) is 25.1 Å². The molecule has 0 radical (unpaired) electrons. The highest BCUT2D eigenvalue weighted by Gasteiger charge is 2.06. The van der Waals surface area contributed by atoms with Crippen molar-refractivity contribution in [1.29, 1.82) is 0 Å². The molecule has 3 N–H and O–H groups in total. The molecule has 2 rings (SSSR count). The van der Waals surface area contributed by atoms with Crippen LogP contribution in [0.1, 0.15) is 12.2 Å². The Morgan fingerprint density at radius 3 is 2.88 bits per heavy atom. The highest BCUT2D eigenvalue weighted by Crippen LogP contribution is 2.24. The minimum atomic E-state index is 0.173. The Hall–Kier alpha value is -1.39.